The van der Waals surface area contributed by atoms with E-state index in [1.54, 1.807) is 0 Å². The average molecular weight is 156 g/mol. The zero-order chi connectivity index (χ0) is 8.20. The molecule has 2 radical (unpaired) electrons. The molecule has 10 heavy (non-hydrogen) atoms. The summed E-state index contributed by atoms with van der Waals surface area (Å²) in [7, 11) is 0.564. The maximum Gasteiger partial charge on any atom is 0.234 e. The van der Waals surface area contributed by atoms with Crippen molar-refractivity contribution in [3.05, 3.63) is 12.2 Å². The summed E-state index contributed by atoms with van der Waals surface area (Å²) in [5, 5.41) is 0. The largest absolute Gasteiger partial charge is 0.412 e. The molecular weight excluding hydrogens is 140 g/mol. The quantitative estimate of drug-likeness (QED) is 0.450. The minimum atomic E-state index is 0.00783. The molecule has 0 aromatic rings. The third kappa shape index (κ3) is 7.92. The van der Waals surface area contributed by atoms with Gasteiger partial charge in [-0.3, -0.25) is 0 Å². The summed E-state index contributed by atoms with van der Waals surface area (Å²) >= 11 is 0. The topological polar surface area (TPSA) is 9.23 Å². The lowest BCUT2D eigenvalue weighted by atomic mass is 10.2. The van der Waals surface area contributed by atoms with Crippen LogP contribution in [0.4, 0.5) is 0 Å². The highest BCUT2D eigenvalue weighted by Gasteiger charge is 2.09. The third-order valence-electron chi connectivity index (χ3n) is 0.752. The standard InChI is InChI=1S/C8H16OSi/c1-7(2)6-10-9-8(3,4)5/h1,6H2,2-5H3. The summed E-state index contributed by atoms with van der Waals surface area (Å²) in [6.07, 6.45) is 0. The maximum absolute atomic E-state index is 5.51. The Morgan fingerprint density at radius 2 is 2.00 bits per heavy atom. The Labute approximate surface area is 66.4 Å². The van der Waals surface area contributed by atoms with Crippen molar-refractivity contribution in [3.63, 3.8) is 0 Å². The van der Waals surface area contributed by atoms with Crippen molar-refractivity contribution in [3.8, 4) is 0 Å². The molecule has 58 valence electrons. The van der Waals surface area contributed by atoms with Gasteiger partial charge in [-0.05, 0) is 33.7 Å². The molecule has 0 unspecified atom stereocenters. The van der Waals surface area contributed by atoms with E-state index in [9.17, 15) is 0 Å². The normalized spacial score (nSPS) is 11.6. The molecule has 0 saturated heterocycles. The summed E-state index contributed by atoms with van der Waals surface area (Å²) in [5.41, 5.74) is 1.20. The van der Waals surface area contributed by atoms with Crippen LogP contribution in [0, 0.1) is 0 Å². The molecule has 0 saturated carbocycles. The molecule has 0 aliphatic rings. The van der Waals surface area contributed by atoms with E-state index in [0.717, 1.165) is 6.04 Å². The van der Waals surface area contributed by atoms with Crippen LogP contribution in [0.2, 0.25) is 6.04 Å². The Hall–Kier alpha value is -0.0831. The molecule has 0 aliphatic heterocycles. The van der Waals surface area contributed by atoms with Gasteiger partial charge in [-0.1, -0.05) is 5.57 Å². The Bertz CT molecular complexity index is 113. The van der Waals surface area contributed by atoms with Crippen molar-refractivity contribution in [2.45, 2.75) is 39.3 Å². The lowest BCUT2D eigenvalue weighted by molar-refractivity contribution is 0.138. The van der Waals surface area contributed by atoms with Gasteiger partial charge >= 0.3 is 0 Å². The predicted octanol–water partition coefficient (Wildman–Crippen LogP) is 2.42. The highest BCUT2D eigenvalue weighted by atomic mass is 28.2. The van der Waals surface area contributed by atoms with Crippen LogP contribution in [0.1, 0.15) is 27.7 Å². The fourth-order valence-electron chi connectivity index (χ4n) is 0.376. The van der Waals surface area contributed by atoms with E-state index in [2.05, 4.69) is 27.4 Å². The van der Waals surface area contributed by atoms with E-state index < -0.39 is 0 Å². The van der Waals surface area contributed by atoms with E-state index >= 15 is 0 Å². The van der Waals surface area contributed by atoms with Crippen LogP contribution in [0.15, 0.2) is 12.2 Å². The van der Waals surface area contributed by atoms with Crippen LogP contribution < -0.4 is 0 Å². The lowest BCUT2D eigenvalue weighted by Crippen LogP contribution is -2.21. The van der Waals surface area contributed by atoms with E-state index in [0.29, 0.717) is 9.76 Å². The second kappa shape index (κ2) is 3.94. The molecule has 0 fully saturated rings. The fourth-order valence-corrected chi connectivity index (χ4v) is 1.13. The van der Waals surface area contributed by atoms with Crippen LogP contribution in [-0.4, -0.2) is 15.4 Å². The van der Waals surface area contributed by atoms with Gasteiger partial charge in [0, 0.05) is 5.60 Å². The Kier molecular flexibility index (Phi) is 3.90. The van der Waals surface area contributed by atoms with Crippen LogP contribution in [-0.2, 0) is 4.43 Å². The Morgan fingerprint density at radius 3 is 2.30 bits per heavy atom. The fraction of sp³-hybridized carbons (Fsp3) is 0.750. The molecule has 0 bridgehead atoms. The summed E-state index contributed by atoms with van der Waals surface area (Å²) in [6, 6.07) is 0.997. The highest BCUT2D eigenvalue weighted by molar-refractivity contribution is 6.28. The van der Waals surface area contributed by atoms with Crippen molar-refractivity contribution < 1.29 is 4.43 Å². The number of hydrogen-bond acceptors (Lipinski definition) is 1. The maximum atomic E-state index is 5.51. The van der Waals surface area contributed by atoms with Gasteiger partial charge < -0.3 is 4.43 Å². The van der Waals surface area contributed by atoms with E-state index in [1.807, 2.05) is 6.92 Å². The minimum Gasteiger partial charge on any atom is -0.412 e. The smallest absolute Gasteiger partial charge is 0.234 e. The number of allylic oxidation sites excluding steroid dienone is 1. The third-order valence-corrected chi connectivity index (χ3v) is 2.26. The van der Waals surface area contributed by atoms with Crippen molar-refractivity contribution in [1.29, 1.82) is 0 Å². The molecule has 0 aromatic heterocycles. The molecule has 1 nitrogen and oxygen atoms in total. The van der Waals surface area contributed by atoms with Gasteiger partial charge in [0.15, 0.2) is 0 Å². The van der Waals surface area contributed by atoms with Crippen molar-refractivity contribution in [2.24, 2.45) is 0 Å². The van der Waals surface area contributed by atoms with Gasteiger partial charge in [-0.25, -0.2) is 0 Å². The van der Waals surface area contributed by atoms with E-state index in [4.69, 9.17) is 4.43 Å². The summed E-state index contributed by atoms with van der Waals surface area (Å²) in [5.74, 6) is 0. The molecular formula is C8H16OSi. The Morgan fingerprint density at radius 1 is 1.50 bits per heavy atom. The lowest BCUT2D eigenvalue weighted by Gasteiger charge is -2.18. The van der Waals surface area contributed by atoms with Gasteiger partial charge in [-0.2, -0.15) is 0 Å². The first-order chi connectivity index (χ1) is 4.42. The summed E-state index contributed by atoms with van der Waals surface area (Å²) in [6.45, 7) is 12.0. The van der Waals surface area contributed by atoms with Crippen molar-refractivity contribution in [2.75, 3.05) is 0 Å². The first kappa shape index (κ1) is 9.92. The van der Waals surface area contributed by atoms with Gasteiger partial charge in [0.1, 0.15) is 0 Å². The SMILES string of the molecule is C=C(C)C[Si]OC(C)(C)C. The second-order valence-corrected chi connectivity index (χ2v) is 4.34. The van der Waals surface area contributed by atoms with Crippen molar-refractivity contribution >= 4 is 9.76 Å². The number of rotatable bonds is 3. The molecule has 0 aliphatic carbocycles. The molecule has 0 amide bonds. The van der Waals surface area contributed by atoms with Crippen LogP contribution >= 0.6 is 0 Å². The van der Waals surface area contributed by atoms with Crippen LogP contribution in [0.3, 0.4) is 0 Å². The molecule has 0 spiro atoms. The summed E-state index contributed by atoms with van der Waals surface area (Å²) in [4.78, 5) is 0. The molecule has 0 heterocycles. The molecule has 0 rings (SSSR count). The zero-order valence-corrected chi connectivity index (χ0v) is 8.32. The van der Waals surface area contributed by atoms with Gasteiger partial charge in [-0.15, -0.1) is 6.58 Å². The average Bonchev–Trinajstić information content (AvgIpc) is 1.59. The van der Waals surface area contributed by atoms with Gasteiger partial charge in [0.2, 0.25) is 9.76 Å². The molecule has 0 aromatic carbocycles. The first-order valence-corrected chi connectivity index (χ1v) is 4.58. The minimum absolute atomic E-state index is 0.00783. The monoisotopic (exact) mass is 156 g/mol. The zero-order valence-electron chi connectivity index (χ0n) is 7.32. The van der Waals surface area contributed by atoms with Gasteiger partial charge in [0.25, 0.3) is 0 Å². The Balaban J connectivity index is 3.29. The number of hydrogen-bond donors (Lipinski definition) is 0. The van der Waals surface area contributed by atoms with Gasteiger partial charge in [0.05, 0.1) is 0 Å². The van der Waals surface area contributed by atoms with Crippen molar-refractivity contribution in [1.82, 2.24) is 0 Å². The van der Waals surface area contributed by atoms with Crippen LogP contribution in [0.5, 0.6) is 0 Å². The van der Waals surface area contributed by atoms with Crippen LogP contribution in [0.25, 0.3) is 0 Å². The highest BCUT2D eigenvalue weighted by Crippen LogP contribution is 2.07. The van der Waals surface area contributed by atoms with E-state index in [-0.39, 0.29) is 5.60 Å². The molecule has 2 heteroatoms. The van der Waals surface area contributed by atoms with E-state index in [1.165, 1.54) is 5.57 Å². The first-order valence-electron chi connectivity index (χ1n) is 3.47. The predicted molar refractivity (Wildman–Crippen MR) is 46.2 cm³/mol. The second-order valence-electron chi connectivity index (χ2n) is 3.49. The molecule has 0 N–H and O–H groups in total. The summed E-state index contributed by atoms with van der Waals surface area (Å²) < 4.78 is 5.51. The molecule has 0 atom stereocenters.